The lowest BCUT2D eigenvalue weighted by molar-refractivity contribution is 0.849. The zero-order valence-electron chi connectivity index (χ0n) is 9.43. The maximum absolute atomic E-state index is 4.45. The Morgan fingerprint density at radius 3 is 3.06 bits per heavy atom. The normalized spacial score (nSPS) is 12.6. The molecule has 2 heterocycles. The Morgan fingerprint density at radius 1 is 1.50 bits per heavy atom. The fourth-order valence-electron chi connectivity index (χ4n) is 1.43. The summed E-state index contributed by atoms with van der Waals surface area (Å²) in [5.74, 6) is 0.951. The smallest absolute Gasteiger partial charge is 0.203 e. The van der Waals surface area contributed by atoms with Crippen molar-refractivity contribution in [1.29, 1.82) is 0 Å². The molecule has 1 N–H and O–H groups in total. The van der Waals surface area contributed by atoms with Gasteiger partial charge in [0.2, 0.25) is 5.13 Å². The van der Waals surface area contributed by atoms with E-state index in [9.17, 15) is 0 Å². The summed E-state index contributed by atoms with van der Waals surface area (Å²) in [7, 11) is 0. The molecule has 0 amide bonds. The molecule has 0 spiro atoms. The van der Waals surface area contributed by atoms with E-state index in [1.54, 1.807) is 11.3 Å². The molecule has 86 valence electrons. The summed E-state index contributed by atoms with van der Waals surface area (Å²) < 4.78 is 4.31. The van der Waals surface area contributed by atoms with Crippen LogP contribution in [-0.2, 0) is 6.42 Å². The number of aryl methyl sites for hydroxylation is 1. The van der Waals surface area contributed by atoms with Gasteiger partial charge in [-0.3, -0.25) is 0 Å². The molecule has 0 aromatic carbocycles. The summed E-state index contributed by atoms with van der Waals surface area (Å²) in [6.07, 6.45) is 2.06. The Labute approximate surface area is 104 Å². The largest absolute Gasteiger partial charge is 0.354 e. The Balaban J connectivity index is 1.98. The van der Waals surface area contributed by atoms with Gasteiger partial charge in [-0.2, -0.15) is 15.7 Å². The van der Waals surface area contributed by atoms with Crippen LogP contribution in [0.5, 0.6) is 0 Å². The summed E-state index contributed by atoms with van der Waals surface area (Å²) in [5, 5.41) is 8.55. The van der Waals surface area contributed by atoms with Crippen molar-refractivity contribution < 1.29 is 0 Å². The van der Waals surface area contributed by atoms with Gasteiger partial charge in [0.05, 0.1) is 6.04 Å². The molecule has 5 heteroatoms. The van der Waals surface area contributed by atoms with Crippen molar-refractivity contribution >= 4 is 28.0 Å². The third kappa shape index (κ3) is 2.80. The van der Waals surface area contributed by atoms with Crippen LogP contribution in [0.1, 0.15) is 37.7 Å². The summed E-state index contributed by atoms with van der Waals surface area (Å²) in [5.41, 5.74) is 1.30. The van der Waals surface area contributed by atoms with Gasteiger partial charge in [-0.1, -0.05) is 6.92 Å². The Hall–Kier alpha value is -0.940. The molecule has 0 aliphatic rings. The fourth-order valence-corrected chi connectivity index (χ4v) is 2.88. The topological polar surface area (TPSA) is 37.8 Å². The predicted octanol–water partition coefficient (Wildman–Crippen LogP) is 3.73. The van der Waals surface area contributed by atoms with Gasteiger partial charge in [0.1, 0.15) is 5.82 Å². The van der Waals surface area contributed by atoms with Gasteiger partial charge in [-0.25, -0.2) is 4.98 Å². The monoisotopic (exact) mass is 253 g/mol. The standard InChI is InChI=1S/C11H15N3S2/c1-3-4-10-13-11(16-14-10)12-8(2)9-5-6-15-7-9/h5-8H,3-4H2,1-2H3,(H,12,13,14). The quantitative estimate of drug-likeness (QED) is 0.882. The minimum absolute atomic E-state index is 0.300. The minimum atomic E-state index is 0.300. The lowest BCUT2D eigenvalue weighted by atomic mass is 10.2. The molecule has 0 bridgehead atoms. The average molecular weight is 253 g/mol. The van der Waals surface area contributed by atoms with Crippen LogP contribution in [0.4, 0.5) is 5.13 Å². The SMILES string of the molecule is CCCc1nsc(NC(C)c2ccsc2)n1. The highest BCUT2D eigenvalue weighted by atomic mass is 32.1. The Morgan fingerprint density at radius 2 is 2.38 bits per heavy atom. The third-order valence-corrected chi connectivity index (χ3v) is 3.71. The first kappa shape index (κ1) is 11.5. The molecular weight excluding hydrogens is 238 g/mol. The average Bonchev–Trinajstić information content (AvgIpc) is 2.89. The first-order valence-corrected chi connectivity index (χ1v) is 7.12. The van der Waals surface area contributed by atoms with Crippen molar-refractivity contribution in [2.75, 3.05) is 5.32 Å². The maximum Gasteiger partial charge on any atom is 0.203 e. The second-order valence-corrected chi connectivity index (χ2v) is 5.22. The van der Waals surface area contributed by atoms with Crippen LogP contribution in [0.15, 0.2) is 16.8 Å². The van der Waals surface area contributed by atoms with Crippen molar-refractivity contribution in [3.8, 4) is 0 Å². The highest BCUT2D eigenvalue weighted by molar-refractivity contribution is 7.09. The van der Waals surface area contributed by atoms with Gasteiger partial charge < -0.3 is 5.32 Å². The molecule has 16 heavy (non-hydrogen) atoms. The molecular formula is C11H15N3S2. The highest BCUT2D eigenvalue weighted by Crippen LogP contribution is 2.22. The second-order valence-electron chi connectivity index (χ2n) is 3.69. The van der Waals surface area contributed by atoms with E-state index in [1.165, 1.54) is 17.1 Å². The molecule has 0 aliphatic heterocycles. The van der Waals surface area contributed by atoms with Crippen molar-refractivity contribution in [3.63, 3.8) is 0 Å². The maximum atomic E-state index is 4.45. The lowest BCUT2D eigenvalue weighted by Crippen LogP contribution is -2.05. The minimum Gasteiger partial charge on any atom is -0.354 e. The molecule has 0 saturated heterocycles. The van der Waals surface area contributed by atoms with Crippen LogP contribution in [0.3, 0.4) is 0 Å². The van der Waals surface area contributed by atoms with Gasteiger partial charge in [-0.05, 0) is 35.7 Å². The Kier molecular flexibility index (Phi) is 3.90. The summed E-state index contributed by atoms with van der Waals surface area (Å²) in [6, 6.07) is 2.43. The lowest BCUT2D eigenvalue weighted by Gasteiger charge is -2.09. The van der Waals surface area contributed by atoms with Crippen molar-refractivity contribution in [3.05, 3.63) is 28.2 Å². The number of hydrogen-bond donors (Lipinski definition) is 1. The van der Waals surface area contributed by atoms with Crippen LogP contribution in [0.2, 0.25) is 0 Å². The first-order valence-electron chi connectivity index (χ1n) is 5.40. The van der Waals surface area contributed by atoms with E-state index < -0.39 is 0 Å². The molecule has 2 aromatic rings. The zero-order chi connectivity index (χ0) is 11.4. The van der Waals surface area contributed by atoms with Crippen molar-refractivity contribution in [2.45, 2.75) is 32.7 Å². The fraction of sp³-hybridized carbons (Fsp3) is 0.455. The number of thiophene rings is 1. The molecule has 0 radical (unpaired) electrons. The van der Waals surface area contributed by atoms with Crippen LogP contribution in [0, 0.1) is 0 Å². The van der Waals surface area contributed by atoms with Crippen molar-refractivity contribution in [1.82, 2.24) is 9.36 Å². The Bertz CT molecular complexity index is 422. The van der Waals surface area contributed by atoms with Gasteiger partial charge in [0.25, 0.3) is 0 Å². The van der Waals surface area contributed by atoms with Crippen LogP contribution < -0.4 is 5.32 Å². The molecule has 2 aromatic heterocycles. The number of nitrogens with one attached hydrogen (secondary N) is 1. The van der Waals surface area contributed by atoms with Gasteiger partial charge in [0, 0.05) is 18.0 Å². The second kappa shape index (κ2) is 5.41. The zero-order valence-corrected chi connectivity index (χ0v) is 11.1. The number of anilines is 1. The number of hydrogen-bond acceptors (Lipinski definition) is 5. The predicted molar refractivity (Wildman–Crippen MR) is 70.3 cm³/mol. The van der Waals surface area contributed by atoms with E-state index in [0.29, 0.717) is 6.04 Å². The summed E-state index contributed by atoms with van der Waals surface area (Å²) >= 11 is 3.17. The molecule has 1 atom stereocenters. The van der Waals surface area contributed by atoms with Gasteiger partial charge in [-0.15, -0.1) is 0 Å². The first-order chi connectivity index (χ1) is 7.79. The molecule has 2 rings (SSSR count). The van der Waals surface area contributed by atoms with Crippen LogP contribution >= 0.6 is 22.9 Å². The molecule has 1 unspecified atom stereocenters. The van der Waals surface area contributed by atoms with E-state index in [-0.39, 0.29) is 0 Å². The van der Waals surface area contributed by atoms with E-state index >= 15 is 0 Å². The molecule has 0 fully saturated rings. The number of nitrogens with zero attached hydrogens (tertiary/aromatic N) is 2. The van der Waals surface area contributed by atoms with Crippen molar-refractivity contribution in [2.24, 2.45) is 0 Å². The number of aromatic nitrogens is 2. The van der Waals surface area contributed by atoms with E-state index in [4.69, 9.17) is 0 Å². The van der Waals surface area contributed by atoms with Gasteiger partial charge in [0.15, 0.2) is 0 Å². The highest BCUT2D eigenvalue weighted by Gasteiger charge is 2.09. The molecule has 3 nitrogen and oxygen atoms in total. The van der Waals surface area contributed by atoms with E-state index in [2.05, 4.69) is 45.3 Å². The molecule has 0 aliphatic carbocycles. The van der Waals surface area contributed by atoms with E-state index in [1.807, 2.05) is 0 Å². The van der Waals surface area contributed by atoms with E-state index in [0.717, 1.165) is 23.8 Å². The van der Waals surface area contributed by atoms with Gasteiger partial charge >= 0.3 is 0 Å². The number of rotatable bonds is 5. The summed E-state index contributed by atoms with van der Waals surface area (Å²) in [6.45, 7) is 4.28. The summed E-state index contributed by atoms with van der Waals surface area (Å²) in [4.78, 5) is 4.45. The van der Waals surface area contributed by atoms with Crippen LogP contribution in [0.25, 0.3) is 0 Å². The third-order valence-electron chi connectivity index (χ3n) is 2.32. The van der Waals surface area contributed by atoms with Crippen LogP contribution in [-0.4, -0.2) is 9.36 Å². The molecule has 0 saturated carbocycles.